The first-order valence-electron chi connectivity index (χ1n) is 18.7. The van der Waals surface area contributed by atoms with Crippen molar-refractivity contribution in [1.82, 2.24) is 0 Å². The highest BCUT2D eigenvalue weighted by atomic mass is 16.3. The number of allylic oxidation sites excluding steroid dienone is 3. The summed E-state index contributed by atoms with van der Waals surface area (Å²) < 4.78 is 6.28. The topological polar surface area (TPSA) is 16.4 Å². The van der Waals surface area contributed by atoms with Crippen LogP contribution in [0.2, 0.25) is 0 Å². The Bertz CT molecular complexity index is 3110. The predicted molar refractivity (Wildman–Crippen MR) is 231 cm³/mol. The molecule has 9 aromatic carbocycles. The molecule has 0 fully saturated rings. The van der Waals surface area contributed by atoms with E-state index in [1.807, 2.05) is 12.1 Å². The molecule has 10 rings (SSSR count). The van der Waals surface area contributed by atoms with Crippen molar-refractivity contribution in [3.63, 3.8) is 0 Å². The van der Waals surface area contributed by atoms with Crippen molar-refractivity contribution in [2.75, 3.05) is 4.90 Å². The van der Waals surface area contributed by atoms with Crippen LogP contribution in [0.1, 0.15) is 12.5 Å². The number of rotatable bonds is 7. The Labute approximate surface area is 314 Å². The lowest BCUT2D eigenvalue weighted by atomic mass is 9.95. The van der Waals surface area contributed by atoms with Gasteiger partial charge in [0.1, 0.15) is 11.2 Å². The van der Waals surface area contributed by atoms with E-state index in [1.165, 1.54) is 59.8 Å². The van der Waals surface area contributed by atoms with E-state index in [2.05, 4.69) is 194 Å². The summed E-state index contributed by atoms with van der Waals surface area (Å²) in [5.74, 6) is 0. The summed E-state index contributed by atoms with van der Waals surface area (Å²) in [6.07, 6.45) is 7.52. The minimum absolute atomic E-state index is 0.774. The number of hydrogen-bond donors (Lipinski definition) is 0. The molecule has 0 N–H and O–H groups in total. The van der Waals surface area contributed by atoms with Crippen molar-refractivity contribution >= 4 is 76.4 Å². The highest BCUT2D eigenvalue weighted by Crippen LogP contribution is 2.39. The van der Waals surface area contributed by atoms with E-state index in [-0.39, 0.29) is 0 Å². The molecule has 1 aromatic heterocycles. The maximum absolute atomic E-state index is 6.28. The Hall–Kier alpha value is -6.90. The molecule has 0 spiro atoms. The van der Waals surface area contributed by atoms with Gasteiger partial charge in [0, 0.05) is 27.8 Å². The molecule has 2 heteroatoms. The molecule has 54 heavy (non-hydrogen) atoms. The molecular weight excluding hydrogens is 655 g/mol. The van der Waals surface area contributed by atoms with Gasteiger partial charge in [-0.25, -0.2) is 0 Å². The average Bonchev–Trinajstić information content (AvgIpc) is 3.61. The van der Waals surface area contributed by atoms with Gasteiger partial charge in [-0.2, -0.15) is 0 Å². The zero-order valence-electron chi connectivity index (χ0n) is 30.0. The second kappa shape index (κ2) is 13.3. The van der Waals surface area contributed by atoms with Crippen molar-refractivity contribution in [1.29, 1.82) is 0 Å². The lowest BCUT2D eigenvalue weighted by Crippen LogP contribution is -2.15. The van der Waals surface area contributed by atoms with Gasteiger partial charge >= 0.3 is 0 Å². The Morgan fingerprint density at radius 3 is 1.93 bits per heavy atom. The fourth-order valence-electron chi connectivity index (χ4n) is 8.23. The average molecular weight is 692 g/mol. The largest absolute Gasteiger partial charge is 0.456 e. The molecule has 0 amide bonds. The molecule has 256 valence electrons. The molecule has 0 bridgehead atoms. The third kappa shape index (κ3) is 5.52. The molecule has 0 saturated carbocycles. The number of furan rings is 1. The minimum Gasteiger partial charge on any atom is -0.456 e. The summed E-state index contributed by atoms with van der Waals surface area (Å²) in [5.41, 5.74) is 8.71. The van der Waals surface area contributed by atoms with Gasteiger partial charge in [-0.3, -0.25) is 0 Å². The number of nitrogens with zero attached hydrogens (tertiary/aromatic N) is 1. The monoisotopic (exact) mass is 691 g/mol. The van der Waals surface area contributed by atoms with Crippen molar-refractivity contribution in [2.45, 2.75) is 13.3 Å². The molecule has 10 aromatic rings. The third-order valence-electron chi connectivity index (χ3n) is 10.8. The molecule has 0 atom stereocenters. The maximum atomic E-state index is 6.28. The normalized spacial score (nSPS) is 12.3. The van der Waals surface area contributed by atoms with E-state index in [0.717, 1.165) is 45.4 Å². The molecule has 0 radical (unpaired) electrons. The molecular formula is C52H37NO. The Balaban J connectivity index is 1.15. The van der Waals surface area contributed by atoms with Crippen molar-refractivity contribution in [3.05, 3.63) is 205 Å². The first-order valence-corrected chi connectivity index (χ1v) is 18.7. The number of fused-ring (bicyclic) bond motifs is 9. The van der Waals surface area contributed by atoms with Gasteiger partial charge in [0.15, 0.2) is 0 Å². The van der Waals surface area contributed by atoms with Gasteiger partial charge in [0.05, 0.1) is 0 Å². The van der Waals surface area contributed by atoms with Crippen molar-refractivity contribution < 1.29 is 4.42 Å². The number of para-hydroxylation sites is 1. The number of hydrogen-bond acceptors (Lipinski definition) is 2. The van der Waals surface area contributed by atoms with Crippen LogP contribution >= 0.6 is 0 Å². The highest BCUT2D eigenvalue weighted by Gasteiger charge is 2.18. The Morgan fingerprint density at radius 2 is 1.09 bits per heavy atom. The second-order valence-corrected chi connectivity index (χ2v) is 14.0. The van der Waals surface area contributed by atoms with Crippen LogP contribution in [0.5, 0.6) is 0 Å². The van der Waals surface area contributed by atoms with Crippen LogP contribution in [-0.2, 0) is 6.42 Å². The lowest BCUT2D eigenvalue weighted by Gasteiger charge is -2.27. The van der Waals surface area contributed by atoms with Crippen LogP contribution in [0.3, 0.4) is 0 Å². The van der Waals surface area contributed by atoms with E-state index in [1.54, 1.807) is 0 Å². The third-order valence-corrected chi connectivity index (χ3v) is 10.8. The standard InChI is InChI=1S/C52H37NO/c1-2-12-41(28-27-40-31-39-14-4-6-18-45(39)47-20-8-7-19-46(40)47)53(43-29-30-52-50(34-43)48-21-9-10-22-51(48)54-52)42-16-11-15-37(32-42)38-26-25-36-24-23-35-13-3-5-17-44(35)49(36)33-38/h2-26,28-34H,27H2,1H3/b12-2-,41-28+. The minimum atomic E-state index is 0.774. The quantitative estimate of drug-likeness (QED) is 0.122. The van der Waals surface area contributed by atoms with E-state index < -0.39 is 0 Å². The van der Waals surface area contributed by atoms with Crippen LogP contribution in [-0.4, -0.2) is 0 Å². The predicted octanol–water partition coefficient (Wildman–Crippen LogP) is 14.7. The van der Waals surface area contributed by atoms with Crippen LogP contribution in [0.4, 0.5) is 11.4 Å². The molecule has 0 aliphatic heterocycles. The summed E-state index contributed by atoms with van der Waals surface area (Å²) in [5, 5.41) is 12.4. The van der Waals surface area contributed by atoms with Gasteiger partial charge in [-0.15, -0.1) is 0 Å². The van der Waals surface area contributed by atoms with Crippen LogP contribution in [0, 0.1) is 0 Å². The summed E-state index contributed by atoms with van der Waals surface area (Å²) in [7, 11) is 0. The molecule has 0 aliphatic rings. The van der Waals surface area contributed by atoms with Crippen LogP contribution in [0.25, 0.3) is 76.2 Å². The fraction of sp³-hybridized carbons (Fsp3) is 0.0385. The molecule has 0 unspecified atom stereocenters. The zero-order chi connectivity index (χ0) is 36.0. The molecule has 0 aliphatic carbocycles. The lowest BCUT2D eigenvalue weighted by molar-refractivity contribution is 0.669. The van der Waals surface area contributed by atoms with Crippen molar-refractivity contribution in [3.8, 4) is 11.1 Å². The van der Waals surface area contributed by atoms with Gasteiger partial charge < -0.3 is 9.32 Å². The van der Waals surface area contributed by atoms with E-state index in [9.17, 15) is 0 Å². The smallest absolute Gasteiger partial charge is 0.135 e. The fourth-order valence-corrected chi connectivity index (χ4v) is 8.23. The van der Waals surface area contributed by atoms with Crippen molar-refractivity contribution in [2.24, 2.45) is 0 Å². The zero-order valence-corrected chi connectivity index (χ0v) is 30.0. The van der Waals surface area contributed by atoms with Gasteiger partial charge in [0.25, 0.3) is 0 Å². The maximum Gasteiger partial charge on any atom is 0.135 e. The van der Waals surface area contributed by atoms with Gasteiger partial charge in [0.2, 0.25) is 0 Å². The summed E-state index contributed by atoms with van der Waals surface area (Å²) in [6.45, 7) is 2.10. The van der Waals surface area contributed by atoms with Crippen LogP contribution < -0.4 is 4.90 Å². The van der Waals surface area contributed by atoms with E-state index >= 15 is 0 Å². The molecule has 0 saturated heterocycles. The van der Waals surface area contributed by atoms with Gasteiger partial charge in [-0.05, 0) is 122 Å². The van der Waals surface area contributed by atoms with Gasteiger partial charge in [-0.1, -0.05) is 146 Å². The van der Waals surface area contributed by atoms with E-state index in [0.29, 0.717) is 0 Å². The second-order valence-electron chi connectivity index (χ2n) is 14.0. The summed E-state index contributed by atoms with van der Waals surface area (Å²) in [4.78, 5) is 2.39. The Morgan fingerprint density at radius 1 is 0.463 bits per heavy atom. The van der Waals surface area contributed by atoms with Crippen LogP contribution in [0.15, 0.2) is 204 Å². The number of anilines is 2. The van der Waals surface area contributed by atoms with E-state index in [4.69, 9.17) is 4.42 Å². The summed E-state index contributed by atoms with van der Waals surface area (Å²) in [6, 6.07) is 63.6. The Kier molecular flexibility index (Phi) is 7.81. The number of benzene rings is 9. The first-order chi connectivity index (χ1) is 26.7. The SMILES string of the molecule is C/C=C\C(=C/Cc1cc2ccccc2c2ccccc12)N(c1cccc(-c2ccc3ccc4ccccc4c3c2)c1)c1ccc2oc3ccccc3c2c1. The first kappa shape index (κ1) is 31.8. The highest BCUT2D eigenvalue weighted by molar-refractivity contribution is 6.10. The molecule has 2 nitrogen and oxygen atoms in total. The molecule has 1 heterocycles. The summed E-state index contributed by atoms with van der Waals surface area (Å²) >= 11 is 0.